The van der Waals surface area contributed by atoms with Gasteiger partial charge in [0.25, 0.3) is 0 Å². The van der Waals surface area contributed by atoms with Crippen LogP contribution in [0.1, 0.15) is 17.9 Å². The van der Waals surface area contributed by atoms with Crippen LogP contribution in [0, 0.1) is 11.3 Å². The molecule has 3 heteroatoms. The Labute approximate surface area is 103 Å². The van der Waals surface area contributed by atoms with Gasteiger partial charge in [-0.2, -0.15) is 5.26 Å². The Bertz CT molecular complexity index is 385. The van der Waals surface area contributed by atoms with Crippen molar-refractivity contribution >= 4 is 0 Å². The molecule has 1 fully saturated rings. The summed E-state index contributed by atoms with van der Waals surface area (Å²) >= 11 is 0. The van der Waals surface area contributed by atoms with E-state index in [1.54, 1.807) is 7.11 Å². The van der Waals surface area contributed by atoms with Gasteiger partial charge in [-0.05, 0) is 12.0 Å². The van der Waals surface area contributed by atoms with Crippen molar-refractivity contribution in [2.24, 2.45) is 0 Å². The summed E-state index contributed by atoms with van der Waals surface area (Å²) in [5, 5.41) is 9.25. The Kier molecular flexibility index (Phi) is 4.13. The number of hydrogen-bond acceptors (Lipinski definition) is 3. The zero-order chi connectivity index (χ0) is 12.1. The first-order valence-corrected chi connectivity index (χ1v) is 6.03. The van der Waals surface area contributed by atoms with Gasteiger partial charge in [0.1, 0.15) is 0 Å². The summed E-state index contributed by atoms with van der Waals surface area (Å²) in [5.41, 5.74) is 1.11. The fourth-order valence-electron chi connectivity index (χ4n) is 2.32. The molecule has 1 aliphatic heterocycles. The molecule has 2 rings (SSSR count). The predicted molar refractivity (Wildman–Crippen MR) is 66.7 cm³/mol. The van der Waals surface area contributed by atoms with Crippen molar-refractivity contribution in [2.45, 2.75) is 18.4 Å². The minimum atomic E-state index is -0.0354. The molecule has 1 saturated heterocycles. The monoisotopic (exact) mass is 230 g/mol. The Morgan fingerprint density at radius 1 is 1.47 bits per heavy atom. The van der Waals surface area contributed by atoms with Crippen LogP contribution in [0.15, 0.2) is 30.3 Å². The predicted octanol–water partition coefficient (Wildman–Crippen LogP) is 2.01. The minimum absolute atomic E-state index is 0.0354. The largest absolute Gasteiger partial charge is 0.380 e. The van der Waals surface area contributed by atoms with E-state index in [1.165, 1.54) is 0 Å². The normalized spacial score (nSPS) is 22.2. The fraction of sp³-hybridized carbons (Fsp3) is 0.500. The topological polar surface area (TPSA) is 36.3 Å². The van der Waals surface area contributed by atoms with Crippen molar-refractivity contribution in [3.8, 4) is 6.07 Å². The quantitative estimate of drug-likeness (QED) is 0.794. The SMILES string of the molecule is COC1CCN(CC(C#N)c2ccccc2)C1. The van der Waals surface area contributed by atoms with Crippen LogP contribution < -0.4 is 0 Å². The van der Waals surface area contributed by atoms with E-state index < -0.39 is 0 Å². The number of rotatable bonds is 4. The van der Waals surface area contributed by atoms with Crippen molar-refractivity contribution in [2.75, 3.05) is 26.7 Å². The number of methoxy groups -OCH3 is 1. The molecule has 1 heterocycles. The van der Waals surface area contributed by atoms with Crippen LogP contribution >= 0.6 is 0 Å². The van der Waals surface area contributed by atoms with Gasteiger partial charge >= 0.3 is 0 Å². The maximum atomic E-state index is 9.25. The second-order valence-corrected chi connectivity index (χ2v) is 4.50. The number of hydrogen-bond donors (Lipinski definition) is 0. The van der Waals surface area contributed by atoms with E-state index in [4.69, 9.17) is 4.74 Å². The van der Waals surface area contributed by atoms with Crippen molar-refractivity contribution in [3.05, 3.63) is 35.9 Å². The third kappa shape index (κ3) is 3.06. The van der Waals surface area contributed by atoms with Crippen molar-refractivity contribution < 1.29 is 4.74 Å². The van der Waals surface area contributed by atoms with Gasteiger partial charge in [0.2, 0.25) is 0 Å². The Morgan fingerprint density at radius 3 is 2.82 bits per heavy atom. The molecular weight excluding hydrogens is 212 g/mol. The lowest BCUT2D eigenvalue weighted by atomic mass is 10.0. The zero-order valence-corrected chi connectivity index (χ0v) is 10.2. The summed E-state index contributed by atoms with van der Waals surface area (Å²) < 4.78 is 5.34. The molecule has 0 aliphatic carbocycles. The molecule has 0 aromatic heterocycles. The van der Waals surface area contributed by atoms with Gasteiger partial charge in [-0.25, -0.2) is 0 Å². The molecule has 0 saturated carbocycles. The molecule has 0 bridgehead atoms. The first-order chi connectivity index (χ1) is 8.33. The lowest BCUT2D eigenvalue weighted by Gasteiger charge is -2.19. The summed E-state index contributed by atoms with van der Waals surface area (Å²) in [5.74, 6) is -0.0354. The molecule has 0 N–H and O–H groups in total. The van der Waals surface area contributed by atoms with E-state index in [9.17, 15) is 5.26 Å². The molecule has 0 radical (unpaired) electrons. The molecule has 3 nitrogen and oxygen atoms in total. The number of nitrogens with zero attached hydrogens (tertiary/aromatic N) is 2. The average molecular weight is 230 g/mol. The third-order valence-electron chi connectivity index (χ3n) is 3.36. The standard InChI is InChI=1S/C14H18N2O/c1-17-14-7-8-16(11-14)10-13(9-15)12-5-3-2-4-6-12/h2-6,13-14H,7-8,10-11H2,1H3. The van der Waals surface area contributed by atoms with Gasteiger partial charge in [0, 0.05) is 26.7 Å². The Balaban J connectivity index is 1.96. The van der Waals surface area contributed by atoms with Crippen LogP contribution in [0.2, 0.25) is 0 Å². The van der Waals surface area contributed by atoms with E-state index in [-0.39, 0.29) is 5.92 Å². The summed E-state index contributed by atoms with van der Waals surface area (Å²) in [6, 6.07) is 12.4. The molecule has 0 amide bonds. The highest BCUT2D eigenvalue weighted by molar-refractivity contribution is 5.25. The van der Waals surface area contributed by atoms with E-state index in [0.29, 0.717) is 6.10 Å². The number of likely N-dealkylation sites (tertiary alicyclic amines) is 1. The van der Waals surface area contributed by atoms with Crippen LogP contribution in [0.4, 0.5) is 0 Å². The number of ether oxygens (including phenoxy) is 1. The average Bonchev–Trinajstić information content (AvgIpc) is 2.84. The van der Waals surface area contributed by atoms with Crippen LogP contribution in [-0.4, -0.2) is 37.7 Å². The molecule has 90 valence electrons. The molecular formula is C14H18N2O. The molecule has 1 aromatic rings. The first-order valence-electron chi connectivity index (χ1n) is 6.03. The van der Waals surface area contributed by atoms with E-state index in [2.05, 4.69) is 11.0 Å². The number of benzene rings is 1. The van der Waals surface area contributed by atoms with Gasteiger partial charge < -0.3 is 4.74 Å². The molecule has 2 unspecified atom stereocenters. The van der Waals surface area contributed by atoms with Gasteiger partial charge in [-0.3, -0.25) is 4.90 Å². The van der Waals surface area contributed by atoms with E-state index >= 15 is 0 Å². The highest BCUT2D eigenvalue weighted by Crippen LogP contribution is 2.19. The van der Waals surface area contributed by atoms with Gasteiger partial charge in [-0.15, -0.1) is 0 Å². The lowest BCUT2D eigenvalue weighted by molar-refractivity contribution is 0.108. The second-order valence-electron chi connectivity index (χ2n) is 4.50. The summed E-state index contributed by atoms with van der Waals surface area (Å²) in [6.45, 7) is 2.78. The first kappa shape index (κ1) is 12.1. The van der Waals surface area contributed by atoms with Crippen molar-refractivity contribution in [3.63, 3.8) is 0 Å². The van der Waals surface area contributed by atoms with Gasteiger partial charge in [-0.1, -0.05) is 30.3 Å². The minimum Gasteiger partial charge on any atom is -0.380 e. The highest BCUT2D eigenvalue weighted by atomic mass is 16.5. The van der Waals surface area contributed by atoms with Crippen LogP contribution in [0.25, 0.3) is 0 Å². The lowest BCUT2D eigenvalue weighted by Crippen LogP contribution is -2.27. The van der Waals surface area contributed by atoms with E-state index in [0.717, 1.165) is 31.6 Å². The van der Waals surface area contributed by atoms with Crippen molar-refractivity contribution in [1.29, 1.82) is 5.26 Å². The maximum Gasteiger partial charge on any atom is 0.0839 e. The van der Waals surface area contributed by atoms with Gasteiger partial charge in [0.15, 0.2) is 0 Å². The highest BCUT2D eigenvalue weighted by Gasteiger charge is 2.24. The van der Waals surface area contributed by atoms with Crippen LogP contribution in [0.5, 0.6) is 0 Å². The summed E-state index contributed by atoms with van der Waals surface area (Å²) in [4.78, 5) is 2.31. The van der Waals surface area contributed by atoms with Crippen LogP contribution in [-0.2, 0) is 4.74 Å². The fourth-order valence-corrected chi connectivity index (χ4v) is 2.32. The van der Waals surface area contributed by atoms with Crippen LogP contribution in [0.3, 0.4) is 0 Å². The Hall–Kier alpha value is -1.37. The maximum absolute atomic E-state index is 9.25. The van der Waals surface area contributed by atoms with Gasteiger partial charge in [0.05, 0.1) is 18.1 Å². The zero-order valence-electron chi connectivity index (χ0n) is 10.2. The third-order valence-corrected chi connectivity index (χ3v) is 3.36. The summed E-state index contributed by atoms with van der Waals surface area (Å²) in [6.07, 6.45) is 1.41. The smallest absolute Gasteiger partial charge is 0.0839 e. The summed E-state index contributed by atoms with van der Waals surface area (Å²) in [7, 11) is 1.76. The van der Waals surface area contributed by atoms with Crippen molar-refractivity contribution in [1.82, 2.24) is 4.90 Å². The molecule has 17 heavy (non-hydrogen) atoms. The molecule has 1 aromatic carbocycles. The number of nitriles is 1. The van der Waals surface area contributed by atoms with E-state index in [1.807, 2.05) is 30.3 Å². The molecule has 0 spiro atoms. The molecule has 1 aliphatic rings. The Morgan fingerprint density at radius 2 is 2.24 bits per heavy atom. The molecule has 2 atom stereocenters. The second kappa shape index (κ2) is 5.81.